The second-order valence-electron chi connectivity index (χ2n) is 7.03. The normalized spacial score (nSPS) is 15.6. The molecule has 4 rings (SSSR count). The van der Waals surface area contributed by atoms with E-state index in [2.05, 4.69) is 4.98 Å². The van der Waals surface area contributed by atoms with Crippen LogP contribution in [0.3, 0.4) is 0 Å². The first-order valence-corrected chi connectivity index (χ1v) is 9.48. The number of hydrogen-bond acceptors (Lipinski definition) is 3. The number of carbonyl (C=O) groups is 1. The zero-order valence-corrected chi connectivity index (χ0v) is 16.0. The molecule has 2 aromatic carbocycles. The van der Waals surface area contributed by atoms with E-state index < -0.39 is 0 Å². The van der Waals surface area contributed by atoms with Crippen LogP contribution in [0.4, 0.5) is 4.39 Å². The van der Waals surface area contributed by atoms with Crippen molar-refractivity contribution < 1.29 is 18.7 Å². The molecule has 0 saturated heterocycles. The molecule has 0 radical (unpaired) electrons. The third-order valence-electron chi connectivity index (χ3n) is 5.14. The number of rotatable bonds is 5. The van der Waals surface area contributed by atoms with E-state index in [0.717, 1.165) is 27.9 Å². The molecule has 1 aliphatic heterocycles. The first kappa shape index (κ1) is 18.3. The monoisotopic (exact) mass is 382 g/mol. The molecule has 0 saturated carbocycles. The van der Waals surface area contributed by atoms with E-state index in [-0.39, 0.29) is 24.2 Å². The molecule has 0 bridgehead atoms. The number of hydrogen-bond donors (Lipinski definition) is 1. The average Bonchev–Trinajstić information content (AvgIpc) is 3.00. The number of aromatic nitrogens is 1. The molecule has 28 heavy (non-hydrogen) atoms. The van der Waals surface area contributed by atoms with Crippen LogP contribution in [0.5, 0.6) is 11.5 Å². The molecule has 3 aromatic rings. The van der Waals surface area contributed by atoms with Crippen molar-refractivity contribution in [3.05, 3.63) is 59.5 Å². The highest BCUT2D eigenvalue weighted by Gasteiger charge is 2.25. The predicted molar refractivity (Wildman–Crippen MR) is 105 cm³/mol. The van der Waals surface area contributed by atoms with Crippen LogP contribution in [0.2, 0.25) is 0 Å². The number of para-hydroxylation sites is 2. The number of fused-ring (bicyclic) bond motifs is 2. The Morgan fingerprint density at radius 2 is 2.04 bits per heavy atom. The molecule has 1 aliphatic rings. The summed E-state index contributed by atoms with van der Waals surface area (Å²) in [5.74, 6) is 1.10. The van der Waals surface area contributed by atoms with Gasteiger partial charge in [-0.25, -0.2) is 4.39 Å². The van der Waals surface area contributed by atoms with Crippen molar-refractivity contribution in [2.24, 2.45) is 0 Å². The van der Waals surface area contributed by atoms with Crippen molar-refractivity contribution in [3.63, 3.8) is 0 Å². The molecule has 6 heteroatoms. The van der Waals surface area contributed by atoms with Gasteiger partial charge in [-0.1, -0.05) is 12.1 Å². The molecule has 1 unspecified atom stereocenters. The number of ether oxygens (including phenoxy) is 2. The first-order valence-electron chi connectivity index (χ1n) is 9.48. The summed E-state index contributed by atoms with van der Waals surface area (Å²) >= 11 is 0. The number of nitrogens with one attached hydrogen (secondary N) is 1. The summed E-state index contributed by atoms with van der Waals surface area (Å²) in [5, 5.41) is 0.757. The molecule has 1 amide bonds. The van der Waals surface area contributed by atoms with Crippen LogP contribution >= 0.6 is 0 Å². The molecule has 5 nitrogen and oxygen atoms in total. The Balaban J connectivity index is 1.48. The van der Waals surface area contributed by atoms with Gasteiger partial charge in [-0.05, 0) is 49.7 Å². The molecule has 0 spiro atoms. The molecule has 0 fully saturated rings. The van der Waals surface area contributed by atoms with Crippen molar-refractivity contribution in [2.45, 2.75) is 26.4 Å². The highest BCUT2D eigenvalue weighted by molar-refractivity contribution is 5.90. The topological polar surface area (TPSA) is 54.6 Å². The molecule has 0 aliphatic carbocycles. The maximum Gasteiger partial charge on any atom is 0.227 e. The zero-order chi connectivity index (χ0) is 19.7. The number of nitrogens with zero attached hydrogens (tertiary/aromatic N) is 1. The summed E-state index contributed by atoms with van der Waals surface area (Å²) in [7, 11) is 0. The lowest BCUT2D eigenvalue weighted by Crippen LogP contribution is -2.44. The predicted octanol–water partition coefficient (Wildman–Crippen LogP) is 3.85. The third kappa shape index (κ3) is 3.54. The fraction of sp³-hybridized carbons (Fsp3) is 0.318. The number of carbonyl (C=O) groups excluding carboxylic acids is 1. The van der Waals surface area contributed by atoms with Gasteiger partial charge in [0.05, 0.1) is 13.0 Å². The lowest BCUT2D eigenvalue weighted by molar-refractivity contribution is -0.131. The van der Waals surface area contributed by atoms with Crippen LogP contribution in [0, 0.1) is 12.7 Å². The highest BCUT2D eigenvalue weighted by Crippen LogP contribution is 2.31. The van der Waals surface area contributed by atoms with Gasteiger partial charge in [0.2, 0.25) is 5.91 Å². The van der Waals surface area contributed by atoms with Crippen LogP contribution in [-0.4, -0.2) is 41.6 Å². The fourth-order valence-corrected chi connectivity index (χ4v) is 3.65. The van der Waals surface area contributed by atoms with Crippen molar-refractivity contribution in [1.82, 2.24) is 9.88 Å². The molecule has 146 valence electrons. The summed E-state index contributed by atoms with van der Waals surface area (Å²) < 4.78 is 25.4. The fourth-order valence-electron chi connectivity index (χ4n) is 3.65. The van der Waals surface area contributed by atoms with Crippen LogP contribution in [0.25, 0.3) is 10.9 Å². The van der Waals surface area contributed by atoms with Crippen molar-refractivity contribution in [1.29, 1.82) is 0 Å². The number of amides is 1. The second kappa shape index (κ2) is 7.54. The Hall–Kier alpha value is -3.02. The Kier molecular flexibility index (Phi) is 4.94. The second-order valence-corrected chi connectivity index (χ2v) is 7.03. The summed E-state index contributed by atoms with van der Waals surface area (Å²) in [6.07, 6.45) is -0.00637. The van der Waals surface area contributed by atoms with Crippen molar-refractivity contribution in [2.75, 3.05) is 19.7 Å². The number of H-pyrrole nitrogens is 1. The van der Waals surface area contributed by atoms with E-state index in [1.165, 1.54) is 12.1 Å². The molecule has 1 atom stereocenters. The Morgan fingerprint density at radius 1 is 1.25 bits per heavy atom. The van der Waals surface area contributed by atoms with E-state index in [0.29, 0.717) is 25.4 Å². The van der Waals surface area contributed by atoms with E-state index in [1.807, 2.05) is 38.1 Å². The van der Waals surface area contributed by atoms with Crippen LogP contribution < -0.4 is 9.47 Å². The van der Waals surface area contributed by atoms with Crippen molar-refractivity contribution >= 4 is 16.8 Å². The van der Waals surface area contributed by atoms with Gasteiger partial charge in [0.15, 0.2) is 17.6 Å². The number of likely N-dealkylation sites (N-methyl/N-ethyl adjacent to an activating group) is 1. The number of aryl methyl sites for hydroxylation is 1. The Bertz CT molecular complexity index is 1010. The van der Waals surface area contributed by atoms with E-state index in [9.17, 15) is 9.18 Å². The summed E-state index contributed by atoms with van der Waals surface area (Å²) in [4.78, 5) is 18.0. The van der Waals surface area contributed by atoms with Crippen LogP contribution in [0.1, 0.15) is 18.2 Å². The van der Waals surface area contributed by atoms with E-state index >= 15 is 0 Å². The van der Waals surface area contributed by atoms with Gasteiger partial charge in [-0.15, -0.1) is 0 Å². The van der Waals surface area contributed by atoms with Gasteiger partial charge in [-0.3, -0.25) is 4.79 Å². The minimum atomic E-state index is -0.307. The van der Waals surface area contributed by atoms with E-state index in [1.54, 1.807) is 11.0 Å². The Labute approximate surface area is 163 Å². The van der Waals surface area contributed by atoms with Gasteiger partial charge in [0, 0.05) is 23.1 Å². The molecule has 1 N–H and O–H groups in total. The smallest absolute Gasteiger partial charge is 0.227 e. The van der Waals surface area contributed by atoms with Gasteiger partial charge in [0.25, 0.3) is 0 Å². The van der Waals surface area contributed by atoms with Crippen molar-refractivity contribution in [3.8, 4) is 11.5 Å². The lowest BCUT2D eigenvalue weighted by atomic mass is 10.1. The van der Waals surface area contributed by atoms with E-state index in [4.69, 9.17) is 9.47 Å². The Morgan fingerprint density at radius 3 is 2.82 bits per heavy atom. The van der Waals surface area contributed by atoms with Gasteiger partial charge in [0.1, 0.15) is 12.4 Å². The summed E-state index contributed by atoms with van der Waals surface area (Å²) in [5.41, 5.74) is 2.56. The number of halogens is 1. The minimum Gasteiger partial charge on any atom is -0.486 e. The number of aromatic amines is 1. The summed E-state index contributed by atoms with van der Waals surface area (Å²) in [6.45, 7) is 5.26. The first-order chi connectivity index (χ1) is 13.5. The highest BCUT2D eigenvalue weighted by atomic mass is 19.1. The number of benzene rings is 2. The third-order valence-corrected chi connectivity index (χ3v) is 5.14. The maximum absolute atomic E-state index is 13.7. The molecular formula is C22H23FN2O3. The minimum absolute atomic E-state index is 0.0155. The average molecular weight is 382 g/mol. The molecule has 2 heterocycles. The zero-order valence-electron chi connectivity index (χ0n) is 16.0. The van der Waals surface area contributed by atoms with Gasteiger partial charge >= 0.3 is 0 Å². The SMILES string of the molecule is CCN(CC1COc2ccccc2O1)C(=O)Cc1c(C)[nH]c2ccc(F)cc12. The summed E-state index contributed by atoms with van der Waals surface area (Å²) in [6, 6.07) is 12.1. The maximum atomic E-state index is 13.7. The van der Waals surface area contributed by atoms with Crippen LogP contribution in [0.15, 0.2) is 42.5 Å². The quantitative estimate of drug-likeness (QED) is 0.729. The van der Waals surface area contributed by atoms with Gasteiger partial charge < -0.3 is 19.4 Å². The largest absolute Gasteiger partial charge is 0.486 e. The molecular weight excluding hydrogens is 359 g/mol. The van der Waals surface area contributed by atoms with Crippen LogP contribution in [-0.2, 0) is 11.2 Å². The lowest BCUT2D eigenvalue weighted by Gasteiger charge is -2.31. The standard InChI is InChI=1S/C22H23FN2O3/c1-3-25(12-16-13-27-20-6-4-5-7-21(20)28-16)22(26)11-17-14(2)24-19-9-8-15(23)10-18(17)19/h4-10,16,24H,3,11-13H2,1-2H3. The molecule has 1 aromatic heterocycles. The van der Waals surface area contributed by atoms with Gasteiger partial charge in [-0.2, -0.15) is 0 Å².